The molecule has 0 saturated carbocycles. The van der Waals surface area contributed by atoms with Crippen molar-refractivity contribution >= 4 is 19.5 Å². The van der Waals surface area contributed by atoms with E-state index in [1.165, 1.54) is 89.9 Å². The Morgan fingerprint density at radius 3 is 1.00 bits per heavy atom. The highest BCUT2D eigenvalue weighted by molar-refractivity contribution is 7.55. The standard InChI is InChI=1S/C16H33Cl.C3H9P/c1-2-3-4-5-6-7-8-9-10-11-12-13-14-15-16-17;1-4(2)3/h2-16H2,1H3;1-3H3. The van der Waals surface area contributed by atoms with Gasteiger partial charge in [-0.1, -0.05) is 90.4 Å². The summed E-state index contributed by atoms with van der Waals surface area (Å²) < 4.78 is 0. The molecule has 0 aromatic carbocycles. The lowest BCUT2D eigenvalue weighted by atomic mass is 10.0. The van der Waals surface area contributed by atoms with E-state index in [0.717, 1.165) is 5.88 Å². The van der Waals surface area contributed by atoms with Crippen LogP contribution in [0.1, 0.15) is 96.8 Å². The third-order valence-corrected chi connectivity index (χ3v) is 3.75. The lowest BCUT2D eigenvalue weighted by Crippen LogP contribution is -1.83. The van der Waals surface area contributed by atoms with Crippen molar-refractivity contribution in [2.45, 2.75) is 96.8 Å². The highest BCUT2D eigenvalue weighted by Gasteiger charge is 1.93. The fraction of sp³-hybridized carbons (Fsp3) is 1.00. The highest BCUT2D eigenvalue weighted by Crippen LogP contribution is 2.14. The van der Waals surface area contributed by atoms with Gasteiger partial charge in [-0.3, -0.25) is 0 Å². The molecule has 0 unspecified atom stereocenters. The van der Waals surface area contributed by atoms with Crippen LogP contribution in [0.3, 0.4) is 0 Å². The van der Waals surface area contributed by atoms with Gasteiger partial charge in [0.15, 0.2) is 0 Å². The van der Waals surface area contributed by atoms with E-state index in [4.69, 9.17) is 11.6 Å². The minimum Gasteiger partial charge on any atom is -0.127 e. The van der Waals surface area contributed by atoms with Crippen molar-refractivity contribution < 1.29 is 0 Å². The quantitative estimate of drug-likeness (QED) is 0.171. The molecule has 0 radical (unpaired) electrons. The average Bonchev–Trinajstić information content (AvgIpc) is 2.43. The Morgan fingerprint density at radius 2 is 0.762 bits per heavy atom. The molecule has 130 valence electrons. The summed E-state index contributed by atoms with van der Waals surface area (Å²) in [6.07, 6.45) is 19.8. The first-order valence-electron chi connectivity index (χ1n) is 9.32. The zero-order valence-electron chi connectivity index (χ0n) is 15.4. The Morgan fingerprint density at radius 1 is 0.524 bits per heavy atom. The van der Waals surface area contributed by atoms with E-state index < -0.39 is 0 Å². The van der Waals surface area contributed by atoms with Crippen molar-refractivity contribution in [2.24, 2.45) is 0 Å². The lowest BCUT2D eigenvalue weighted by molar-refractivity contribution is 0.538. The number of unbranched alkanes of at least 4 members (excludes halogenated alkanes) is 13. The molecule has 0 aliphatic carbocycles. The maximum atomic E-state index is 5.64. The molecule has 0 nitrogen and oxygen atoms in total. The Labute approximate surface area is 142 Å². The summed E-state index contributed by atoms with van der Waals surface area (Å²) in [5.74, 6) is 0.845. The summed E-state index contributed by atoms with van der Waals surface area (Å²) in [5, 5.41) is 0. The molecule has 0 atom stereocenters. The van der Waals surface area contributed by atoms with Gasteiger partial charge in [0, 0.05) is 5.88 Å². The van der Waals surface area contributed by atoms with Gasteiger partial charge in [-0.15, -0.1) is 19.5 Å². The molecule has 0 bridgehead atoms. The van der Waals surface area contributed by atoms with Gasteiger partial charge in [0.05, 0.1) is 0 Å². The van der Waals surface area contributed by atoms with Crippen molar-refractivity contribution in [2.75, 3.05) is 25.9 Å². The Kier molecular flexibility index (Phi) is 26.3. The molecule has 0 aliphatic heterocycles. The molecule has 0 fully saturated rings. The summed E-state index contributed by atoms with van der Waals surface area (Å²) >= 11 is 5.64. The van der Waals surface area contributed by atoms with Gasteiger partial charge in [-0.25, -0.2) is 0 Å². The second-order valence-electron chi connectivity index (χ2n) is 6.63. The molecule has 0 aromatic rings. The number of rotatable bonds is 14. The van der Waals surface area contributed by atoms with E-state index in [2.05, 4.69) is 26.9 Å². The molecule has 0 aromatic heterocycles. The molecule has 0 heterocycles. The van der Waals surface area contributed by atoms with Crippen LogP contribution in [0.25, 0.3) is 0 Å². The van der Waals surface area contributed by atoms with E-state index >= 15 is 0 Å². The van der Waals surface area contributed by atoms with Gasteiger partial charge < -0.3 is 0 Å². The van der Waals surface area contributed by atoms with Crippen molar-refractivity contribution in [3.05, 3.63) is 0 Å². The monoisotopic (exact) mass is 336 g/mol. The zero-order chi connectivity index (χ0) is 16.2. The molecule has 0 rings (SSSR count). The second kappa shape index (κ2) is 23.0. The smallest absolute Gasteiger partial charge is 0.0223 e. The number of alkyl halides is 1. The third kappa shape index (κ3) is 33.5. The van der Waals surface area contributed by atoms with Gasteiger partial charge in [-0.05, 0) is 26.4 Å². The van der Waals surface area contributed by atoms with E-state index in [9.17, 15) is 0 Å². The minimum atomic E-state index is 0.380. The van der Waals surface area contributed by atoms with Crippen LogP contribution in [0, 0.1) is 0 Å². The lowest BCUT2D eigenvalue weighted by Gasteiger charge is -2.02. The van der Waals surface area contributed by atoms with Crippen molar-refractivity contribution in [1.29, 1.82) is 0 Å². The van der Waals surface area contributed by atoms with Gasteiger partial charge in [0.1, 0.15) is 0 Å². The normalized spacial score (nSPS) is 10.6. The topological polar surface area (TPSA) is 0 Å². The van der Waals surface area contributed by atoms with E-state index in [0.29, 0.717) is 7.92 Å². The highest BCUT2D eigenvalue weighted by atomic mass is 35.5. The summed E-state index contributed by atoms with van der Waals surface area (Å²) in [6.45, 7) is 8.98. The number of hydrogen-bond donors (Lipinski definition) is 0. The van der Waals surface area contributed by atoms with E-state index in [1.807, 2.05) is 0 Å². The van der Waals surface area contributed by atoms with Crippen LogP contribution >= 0.6 is 19.5 Å². The summed E-state index contributed by atoms with van der Waals surface area (Å²) in [6, 6.07) is 0. The van der Waals surface area contributed by atoms with Crippen LogP contribution < -0.4 is 0 Å². The maximum Gasteiger partial charge on any atom is 0.0223 e. The number of hydrogen-bond acceptors (Lipinski definition) is 0. The molecule has 0 amide bonds. The summed E-state index contributed by atoms with van der Waals surface area (Å²) in [5.41, 5.74) is 0. The average molecular weight is 337 g/mol. The van der Waals surface area contributed by atoms with Gasteiger partial charge >= 0.3 is 0 Å². The molecule has 0 N–H and O–H groups in total. The van der Waals surface area contributed by atoms with Crippen LogP contribution in [0.4, 0.5) is 0 Å². The molecule has 21 heavy (non-hydrogen) atoms. The predicted molar refractivity (Wildman–Crippen MR) is 106 cm³/mol. The van der Waals surface area contributed by atoms with Crippen LogP contribution in [0.15, 0.2) is 0 Å². The van der Waals surface area contributed by atoms with E-state index in [-0.39, 0.29) is 0 Å². The maximum absolute atomic E-state index is 5.64. The fourth-order valence-corrected chi connectivity index (χ4v) is 2.48. The number of halogens is 1. The molecular formula is C19H42ClP. The Balaban J connectivity index is 0. The van der Waals surface area contributed by atoms with Gasteiger partial charge in [0.25, 0.3) is 0 Å². The van der Waals surface area contributed by atoms with Crippen LogP contribution in [-0.4, -0.2) is 25.9 Å². The van der Waals surface area contributed by atoms with Crippen molar-refractivity contribution in [3.8, 4) is 0 Å². The van der Waals surface area contributed by atoms with Crippen molar-refractivity contribution in [1.82, 2.24) is 0 Å². The van der Waals surface area contributed by atoms with Gasteiger partial charge in [-0.2, -0.15) is 0 Å². The first-order chi connectivity index (χ1) is 10.1. The van der Waals surface area contributed by atoms with Crippen LogP contribution in [0.2, 0.25) is 0 Å². The largest absolute Gasteiger partial charge is 0.127 e. The summed E-state index contributed by atoms with van der Waals surface area (Å²) in [7, 11) is 0.380. The predicted octanol–water partition coefficient (Wildman–Crippen LogP) is 8.06. The first kappa shape index (κ1) is 24.0. The Bertz CT molecular complexity index is 143. The SMILES string of the molecule is CCCCCCCCCCCCCCCCCl.CP(C)C. The Hall–Kier alpha value is 0.720. The third-order valence-electron chi connectivity index (χ3n) is 3.49. The van der Waals surface area contributed by atoms with Gasteiger partial charge in [0.2, 0.25) is 0 Å². The van der Waals surface area contributed by atoms with E-state index in [1.54, 1.807) is 0 Å². The molecule has 0 saturated heterocycles. The molecular weight excluding hydrogens is 295 g/mol. The summed E-state index contributed by atoms with van der Waals surface area (Å²) in [4.78, 5) is 0. The fourth-order valence-electron chi connectivity index (χ4n) is 2.29. The second-order valence-corrected chi connectivity index (χ2v) is 9.69. The molecule has 2 heteroatoms. The zero-order valence-corrected chi connectivity index (χ0v) is 17.1. The van der Waals surface area contributed by atoms with Crippen molar-refractivity contribution in [3.63, 3.8) is 0 Å². The first-order valence-corrected chi connectivity index (χ1v) is 12.5. The van der Waals surface area contributed by atoms with Crippen LogP contribution in [0.5, 0.6) is 0 Å². The molecule has 0 aliphatic rings. The van der Waals surface area contributed by atoms with Crippen LogP contribution in [-0.2, 0) is 0 Å². The molecule has 0 spiro atoms. The minimum absolute atomic E-state index is 0.380.